The van der Waals surface area contributed by atoms with Gasteiger partial charge in [-0.05, 0) is 24.3 Å². The van der Waals surface area contributed by atoms with Crippen LogP contribution in [0.25, 0.3) is 10.2 Å². The van der Waals surface area contributed by atoms with E-state index in [4.69, 9.17) is 38.4 Å². The van der Waals surface area contributed by atoms with E-state index >= 15 is 0 Å². The molecule has 0 aliphatic rings. The molecule has 0 saturated carbocycles. The number of rotatable bonds is 5. The van der Waals surface area contributed by atoms with E-state index in [0.29, 0.717) is 37.9 Å². The number of hydrogen-bond donors (Lipinski definition) is 2. The van der Waals surface area contributed by atoms with E-state index in [1.807, 2.05) is 0 Å². The van der Waals surface area contributed by atoms with Gasteiger partial charge in [-0.1, -0.05) is 34.5 Å². The molecule has 0 bridgehead atoms. The molecule has 0 aliphatic heterocycles. The first kappa shape index (κ1) is 17.6. The van der Waals surface area contributed by atoms with Crippen LogP contribution in [0.2, 0.25) is 10.0 Å². The summed E-state index contributed by atoms with van der Waals surface area (Å²) >= 11 is 13.1. The van der Waals surface area contributed by atoms with E-state index < -0.39 is 0 Å². The summed E-state index contributed by atoms with van der Waals surface area (Å²) in [5.74, 6) is 0.566. The summed E-state index contributed by atoms with van der Waals surface area (Å²) in [6.07, 6.45) is 0. The Hall–Kier alpha value is -2.22. The highest BCUT2D eigenvalue weighted by Gasteiger charge is 2.12. The summed E-state index contributed by atoms with van der Waals surface area (Å²) in [5, 5.41) is 4.00. The Morgan fingerprint density at radius 1 is 1.28 bits per heavy atom. The van der Waals surface area contributed by atoms with E-state index in [1.54, 1.807) is 30.3 Å². The molecule has 0 spiro atoms. The number of ether oxygens (including phenoxy) is 2. The predicted molar refractivity (Wildman–Crippen MR) is 101 cm³/mol. The third-order valence-corrected chi connectivity index (χ3v) is 4.59. The molecule has 0 aliphatic carbocycles. The fourth-order valence-electron chi connectivity index (χ4n) is 2.18. The number of halogens is 2. The number of methoxy groups -OCH3 is 1. The van der Waals surface area contributed by atoms with Crippen LogP contribution >= 0.6 is 34.5 Å². The Morgan fingerprint density at radius 2 is 2.08 bits per heavy atom. The minimum Gasteiger partial charge on any atom is -0.494 e. The molecule has 0 radical (unpaired) electrons. The number of benzene rings is 2. The lowest BCUT2D eigenvalue weighted by atomic mass is 10.2. The van der Waals surface area contributed by atoms with Gasteiger partial charge in [0.1, 0.15) is 17.0 Å². The molecule has 0 unspecified atom stereocenters. The maximum absolute atomic E-state index is 12.1. The molecule has 1 aromatic heterocycles. The van der Waals surface area contributed by atoms with E-state index in [9.17, 15) is 4.79 Å². The van der Waals surface area contributed by atoms with Crippen molar-refractivity contribution in [3.8, 4) is 11.5 Å². The molecule has 3 N–H and O–H groups in total. The number of fused-ring (bicyclic) bond motifs is 1. The highest BCUT2D eigenvalue weighted by Crippen LogP contribution is 2.34. The predicted octanol–water partition coefficient (Wildman–Crippen LogP) is 4.21. The average molecular weight is 398 g/mol. The molecule has 9 heteroatoms. The fourth-order valence-corrected chi connectivity index (χ4v) is 3.43. The van der Waals surface area contributed by atoms with Gasteiger partial charge in [-0.15, -0.1) is 0 Å². The van der Waals surface area contributed by atoms with Crippen LogP contribution in [0.1, 0.15) is 0 Å². The smallest absolute Gasteiger partial charge is 0.262 e. The van der Waals surface area contributed by atoms with Gasteiger partial charge >= 0.3 is 0 Å². The molecule has 6 nitrogen and oxygen atoms in total. The third-order valence-electron chi connectivity index (χ3n) is 3.23. The third kappa shape index (κ3) is 4.07. The van der Waals surface area contributed by atoms with Gasteiger partial charge in [0.05, 0.1) is 16.8 Å². The summed E-state index contributed by atoms with van der Waals surface area (Å²) in [5.41, 5.74) is 6.94. The van der Waals surface area contributed by atoms with Crippen LogP contribution in [0.5, 0.6) is 11.5 Å². The Labute approximate surface area is 157 Å². The van der Waals surface area contributed by atoms with Crippen LogP contribution in [-0.2, 0) is 4.79 Å². The molecule has 0 atom stereocenters. The Bertz CT molecular complexity index is 946. The van der Waals surface area contributed by atoms with Gasteiger partial charge in [0.15, 0.2) is 11.7 Å². The second-order valence-corrected chi connectivity index (χ2v) is 6.89. The van der Waals surface area contributed by atoms with Crippen molar-refractivity contribution in [1.29, 1.82) is 0 Å². The van der Waals surface area contributed by atoms with Gasteiger partial charge in [-0.25, -0.2) is 4.98 Å². The summed E-state index contributed by atoms with van der Waals surface area (Å²) in [7, 11) is 1.53. The maximum Gasteiger partial charge on any atom is 0.262 e. The summed E-state index contributed by atoms with van der Waals surface area (Å²) in [6.45, 7) is -0.202. The normalized spacial score (nSPS) is 10.7. The number of hydrogen-bond acceptors (Lipinski definition) is 6. The van der Waals surface area contributed by atoms with E-state index in [-0.39, 0.29) is 12.5 Å². The topological polar surface area (TPSA) is 86.5 Å². The van der Waals surface area contributed by atoms with Crippen LogP contribution in [0.15, 0.2) is 30.3 Å². The zero-order chi connectivity index (χ0) is 18.0. The van der Waals surface area contributed by atoms with Crippen LogP contribution in [0, 0.1) is 0 Å². The number of thiazole rings is 1. The van der Waals surface area contributed by atoms with Gasteiger partial charge < -0.3 is 20.5 Å². The lowest BCUT2D eigenvalue weighted by molar-refractivity contribution is -0.118. The molecule has 1 heterocycles. The Morgan fingerprint density at radius 3 is 2.80 bits per heavy atom. The highest BCUT2D eigenvalue weighted by molar-refractivity contribution is 7.22. The van der Waals surface area contributed by atoms with Gasteiger partial charge in [0.25, 0.3) is 5.91 Å². The fraction of sp³-hybridized carbons (Fsp3) is 0.125. The molecular formula is C16H13Cl2N3O3S. The zero-order valence-corrected chi connectivity index (χ0v) is 15.3. The number of anilines is 2. The van der Waals surface area contributed by atoms with Crippen molar-refractivity contribution in [2.75, 3.05) is 24.8 Å². The van der Waals surface area contributed by atoms with E-state index in [1.165, 1.54) is 18.4 Å². The van der Waals surface area contributed by atoms with E-state index in [2.05, 4.69) is 10.3 Å². The summed E-state index contributed by atoms with van der Waals surface area (Å²) < 4.78 is 11.5. The second-order valence-electron chi connectivity index (χ2n) is 4.99. The van der Waals surface area contributed by atoms with Gasteiger partial charge in [-0.2, -0.15) is 0 Å². The molecule has 0 saturated heterocycles. The minimum atomic E-state index is -0.343. The SMILES string of the molecule is COc1cc(NC(=O)COc2ccc(Cl)cc2Cl)cc2sc(N)nc12. The molecule has 0 fully saturated rings. The molecule has 130 valence electrons. The molecule has 3 rings (SSSR count). The van der Waals surface area contributed by atoms with Crippen LogP contribution in [0.4, 0.5) is 10.8 Å². The zero-order valence-electron chi connectivity index (χ0n) is 13.0. The van der Waals surface area contributed by atoms with Gasteiger partial charge in [0.2, 0.25) is 0 Å². The monoisotopic (exact) mass is 397 g/mol. The number of nitrogen functional groups attached to an aromatic ring is 1. The number of nitrogens with one attached hydrogen (secondary N) is 1. The number of amides is 1. The summed E-state index contributed by atoms with van der Waals surface area (Å²) in [4.78, 5) is 16.3. The first-order valence-electron chi connectivity index (χ1n) is 7.08. The quantitative estimate of drug-likeness (QED) is 0.672. The van der Waals surface area contributed by atoms with Crippen LogP contribution < -0.4 is 20.5 Å². The number of carbonyl (C=O) groups excluding carboxylic acids is 1. The standard InChI is InChI=1S/C16H13Cl2N3O3S/c1-23-12-5-9(6-13-15(12)21-16(19)25-13)20-14(22)7-24-11-3-2-8(17)4-10(11)18/h2-6H,7H2,1H3,(H2,19,21)(H,20,22). The minimum absolute atomic E-state index is 0.202. The molecule has 25 heavy (non-hydrogen) atoms. The average Bonchev–Trinajstić information content (AvgIpc) is 2.93. The largest absolute Gasteiger partial charge is 0.494 e. The number of aromatic nitrogens is 1. The number of nitrogens with zero attached hydrogens (tertiary/aromatic N) is 1. The van der Waals surface area contributed by atoms with E-state index in [0.717, 1.165) is 4.70 Å². The lowest BCUT2D eigenvalue weighted by Gasteiger charge is -2.10. The Balaban J connectivity index is 1.71. The number of carbonyl (C=O) groups is 1. The van der Waals surface area contributed by atoms with Crippen LogP contribution in [0.3, 0.4) is 0 Å². The number of nitrogens with two attached hydrogens (primary N) is 1. The van der Waals surface area contributed by atoms with Crippen molar-refractivity contribution in [2.45, 2.75) is 0 Å². The molecule has 1 amide bonds. The molecule has 2 aromatic carbocycles. The molecule has 3 aromatic rings. The second kappa shape index (κ2) is 7.35. The first-order chi connectivity index (χ1) is 12.0. The van der Waals surface area contributed by atoms with Gasteiger partial charge in [-0.3, -0.25) is 4.79 Å². The first-order valence-corrected chi connectivity index (χ1v) is 8.65. The maximum atomic E-state index is 12.1. The summed E-state index contributed by atoms with van der Waals surface area (Å²) in [6, 6.07) is 8.23. The Kier molecular flexibility index (Phi) is 5.17. The van der Waals surface area contributed by atoms with Crippen molar-refractivity contribution < 1.29 is 14.3 Å². The van der Waals surface area contributed by atoms with Gasteiger partial charge in [0, 0.05) is 16.8 Å². The van der Waals surface area contributed by atoms with Crippen LogP contribution in [-0.4, -0.2) is 24.6 Å². The van der Waals surface area contributed by atoms with Crippen molar-refractivity contribution in [2.24, 2.45) is 0 Å². The van der Waals surface area contributed by atoms with Crippen molar-refractivity contribution in [3.63, 3.8) is 0 Å². The molecular weight excluding hydrogens is 385 g/mol. The lowest BCUT2D eigenvalue weighted by Crippen LogP contribution is -2.20. The van der Waals surface area contributed by atoms with Crippen molar-refractivity contribution >= 4 is 61.5 Å². The highest BCUT2D eigenvalue weighted by atomic mass is 35.5. The van der Waals surface area contributed by atoms with Crippen molar-refractivity contribution in [1.82, 2.24) is 4.98 Å². The van der Waals surface area contributed by atoms with Crippen molar-refractivity contribution in [3.05, 3.63) is 40.4 Å².